The van der Waals surface area contributed by atoms with Crippen molar-refractivity contribution in [3.05, 3.63) is 66.1 Å². The van der Waals surface area contributed by atoms with Gasteiger partial charge in [0.2, 0.25) is 11.7 Å². The molecule has 0 spiro atoms. The van der Waals surface area contributed by atoms with Crippen LogP contribution in [0.15, 0.2) is 59.1 Å². The van der Waals surface area contributed by atoms with Crippen LogP contribution >= 0.6 is 0 Å². The van der Waals surface area contributed by atoms with E-state index in [0.29, 0.717) is 18.3 Å². The molecule has 5 nitrogen and oxygen atoms in total. The van der Waals surface area contributed by atoms with Gasteiger partial charge in [-0.15, -0.1) is 0 Å². The molecule has 1 aliphatic rings. The molecule has 1 atom stereocenters. The summed E-state index contributed by atoms with van der Waals surface area (Å²) in [4.78, 5) is 6.99. The highest BCUT2D eigenvalue weighted by molar-refractivity contribution is 5.53. The maximum atomic E-state index is 5.83. The van der Waals surface area contributed by atoms with Crippen molar-refractivity contribution in [1.82, 2.24) is 15.0 Å². The Morgan fingerprint density at radius 1 is 1.12 bits per heavy atom. The van der Waals surface area contributed by atoms with Gasteiger partial charge in [0.05, 0.1) is 5.92 Å². The minimum atomic E-state index is 0.305. The molecule has 1 aliphatic heterocycles. The zero-order valence-corrected chi connectivity index (χ0v) is 15.0. The molecule has 1 fully saturated rings. The minimum absolute atomic E-state index is 0.305. The van der Waals surface area contributed by atoms with Gasteiger partial charge in [-0.1, -0.05) is 53.2 Å². The van der Waals surface area contributed by atoms with E-state index >= 15 is 0 Å². The van der Waals surface area contributed by atoms with Crippen LogP contribution in [0.25, 0.3) is 11.4 Å². The molecule has 0 unspecified atom stereocenters. The number of hydrogen-bond donors (Lipinski definition) is 0. The highest BCUT2D eigenvalue weighted by Crippen LogP contribution is 2.27. The van der Waals surface area contributed by atoms with Gasteiger partial charge in [0, 0.05) is 18.7 Å². The minimum Gasteiger partial charge on any atom is -0.492 e. The van der Waals surface area contributed by atoms with Crippen molar-refractivity contribution >= 4 is 0 Å². The van der Waals surface area contributed by atoms with Gasteiger partial charge < -0.3 is 9.26 Å². The summed E-state index contributed by atoms with van der Waals surface area (Å²) in [5.74, 6) is 2.64. The lowest BCUT2D eigenvalue weighted by molar-refractivity contribution is 0.233. The first-order chi connectivity index (χ1) is 12.8. The lowest BCUT2D eigenvalue weighted by Crippen LogP contribution is -2.26. The molecule has 0 aliphatic carbocycles. The fourth-order valence-corrected chi connectivity index (χ4v) is 3.27. The second kappa shape index (κ2) is 7.70. The largest absolute Gasteiger partial charge is 0.492 e. The van der Waals surface area contributed by atoms with E-state index in [9.17, 15) is 0 Å². The standard InChI is InChI=1S/C21H23N3O2/c1-16-7-9-19(10-8-16)25-14-13-24-12-11-18(15-24)21-22-20(23-26-21)17-5-3-2-4-6-17/h2-10,18H,11-15H2,1H3/t18-/m1/s1. The van der Waals surface area contributed by atoms with Gasteiger partial charge in [-0.2, -0.15) is 4.98 Å². The van der Waals surface area contributed by atoms with Crippen molar-refractivity contribution < 1.29 is 9.26 Å². The maximum absolute atomic E-state index is 5.83. The molecular weight excluding hydrogens is 326 g/mol. The fraction of sp³-hybridized carbons (Fsp3) is 0.333. The number of ether oxygens (including phenoxy) is 1. The normalized spacial score (nSPS) is 17.5. The Bertz CT molecular complexity index is 830. The van der Waals surface area contributed by atoms with Gasteiger partial charge in [0.1, 0.15) is 12.4 Å². The summed E-state index contributed by atoms with van der Waals surface area (Å²) in [6.07, 6.45) is 1.04. The van der Waals surface area contributed by atoms with Crippen LogP contribution < -0.4 is 4.74 Å². The van der Waals surface area contributed by atoms with Gasteiger partial charge in [0.25, 0.3) is 0 Å². The first-order valence-electron chi connectivity index (χ1n) is 9.09. The third-order valence-corrected chi connectivity index (χ3v) is 4.79. The Morgan fingerprint density at radius 3 is 2.73 bits per heavy atom. The van der Waals surface area contributed by atoms with E-state index in [1.807, 2.05) is 42.5 Å². The van der Waals surface area contributed by atoms with Gasteiger partial charge in [-0.3, -0.25) is 4.90 Å². The van der Waals surface area contributed by atoms with Gasteiger partial charge in [-0.25, -0.2) is 0 Å². The first kappa shape index (κ1) is 16.8. The van der Waals surface area contributed by atoms with Crippen LogP contribution in [-0.2, 0) is 0 Å². The van der Waals surface area contributed by atoms with Gasteiger partial charge in [-0.05, 0) is 32.0 Å². The fourth-order valence-electron chi connectivity index (χ4n) is 3.27. The number of likely N-dealkylation sites (tertiary alicyclic amines) is 1. The summed E-state index contributed by atoms with van der Waals surface area (Å²) < 4.78 is 11.4. The molecule has 0 saturated carbocycles. The van der Waals surface area contributed by atoms with E-state index in [1.165, 1.54) is 5.56 Å². The molecule has 0 bridgehead atoms. The Balaban J connectivity index is 1.28. The number of aromatic nitrogens is 2. The summed E-state index contributed by atoms with van der Waals surface area (Å²) in [7, 11) is 0. The molecule has 1 saturated heterocycles. The molecule has 1 aromatic heterocycles. The lowest BCUT2D eigenvalue weighted by atomic mass is 10.1. The summed E-state index contributed by atoms with van der Waals surface area (Å²) in [5, 5.41) is 4.14. The zero-order chi connectivity index (χ0) is 17.8. The second-order valence-corrected chi connectivity index (χ2v) is 6.77. The molecule has 0 N–H and O–H groups in total. The number of benzene rings is 2. The van der Waals surface area contributed by atoms with Crippen LogP contribution in [0.2, 0.25) is 0 Å². The van der Waals surface area contributed by atoms with Crippen LogP contribution in [0.1, 0.15) is 23.8 Å². The maximum Gasteiger partial charge on any atom is 0.231 e. The first-order valence-corrected chi connectivity index (χ1v) is 9.09. The smallest absolute Gasteiger partial charge is 0.231 e. The SMILES string of the molecule is Cc1ccc(OCCN2CC[C@@H](c3nc(-c4ccccc4)no3)C2)cc1. The van der Waals surface area contributed by atoms with Gasteiger partial charge >= 0.3 is 0 Å². The van der Waals surface area contributed by atoms with Crippen molar-refractivity contribution in [3.8, 4) is 17.1 Å². The quantitative estimate of drug-likeness (QED) is 0.675. The average molecular weight is 349 g/mol. The second-order valence-electron chi connectivity index (χ2n) is 6.77. The average Bonchev–Trinajstić information content (AvgIpc) is 3.33. The monoisotopic (exact) mass is 349 g/mol. The van der Waals surface area contributed by atoms with Crippen LogP contribution in [-0.4, -0.2) is 41.3 Å². The van der Waals surface area contributed by atoms with E-state index in [1.54, 1.807) is 0 Å². The van der Waals surface area contributed by atoms with E-state index < -0.39 is 0 Å². The molecule has 2 aromatic carbocycles. The van der Waals surface area contributed by atoms with Gasteiger partial charge in [0.15, 0.2) is 0 Å². The molecule has 3 aromatic rings. The van der Waals surface area contributed by atoms with Crippen molar-refractivity contribution in [2.45, 2.75) is 19.3 Å². The van der Waals surface area contributed by atoms with Crippen molar-refractivity contribution in [2.24, 2.45) is 0 Å². The summed E-state index contributed by atoms with van der Waals surface area (Å²) >= 11 is 0. The molecule has 4 rings (SSSR count). The molecule has 5 heteroatoms. The predicted molar refractivity (Wildman–Crippen MR) is 100 cm³/mol. The zero-order valence-electron chi connectivity index (χ0n) is 15.0. The third-order valence-electron chi connectivity index (χ3n) is 4.79. The highest BCUT2D eigenvalue weighted by atomic mass is 16.5. The van der Waals surface area contributed by atoms with Crippen LogP contribution in [0, 0.1) is 6.92 Å². The number of hydrogen-bond acceptors (Lipinski definition) is 5. The van der Waals surface area contributed by atoms with E-state index in [2.05, 4.69) is 34.1 Å². The number of nitrogens with zero attached hydrogens (tertiary/aromatic N) is 3. The Hall–Kier alpha value is -2.66. The molecule has 134 valence electrons. The van der Waals surface area contributed by atoms with Crippen molar-refractivity contribution in [2.75, 3.05) is 26.2 Å². The Kier molecular flexibility index (Phi) is 4.97. The Morgan fingerprint density at radius 2 is 1.92 bits per heavy atom. The number of rotatable bonds is 6. The molecule has 0 amide bonds. The molecular formula is C21H23N3O2. The summed E-state index contributed by atoms with van der Waals surface area (Å²) in [5.41, 5.74) is 2.23. The predicted octanol–water partition coefficient (Wildman–Crippen LogP) is 3.91. The third kappa shape index (κ3) is 3.94. The van der Waals surface area contributed by atoms with E-state index in [0.717, 1.165) is 43.3 Å². The van der Waals surface area contributed by atoms with E-state index in [4.69, 9.17) is 9.26 Å². The van der Waals surface area contributed by atoms with Crippen LogP contribution in [0.5, 0.6) is 5.75 Å². The van der Waals surface area contributed by atoms with Crippen LogP contribution in [0.4, 0.5) is 0 Å². The summed E-state index contributed by atoms with van der Waals surface area (Å²) in [6.45, 7) is 5.65. The van der Waals surface area contributed by atoms with Crippen LogP contribution in [0.3, 0.4) is 0 Å². The molecule has 26 heavy (non-hydrogen) atoms. The van der Waals surface area contributed by atoms with Crippen molar-refractivity contribution in [1.29, 1.82) is 0 Å². The van der Waals surface area contributed by atoms with E-state index in [-0.39, 0.29) is 0 Å². The molecule has 2 heterocycles. The highest BCUT2D eigenvalue weighted by Gasteiger charge is 2.28. The molecule has 0 radical (unpaired) electrons. The summed E-state index contributed by atoms with van der Waals surface area (Å²) in [6, 6.07) is 18.1. The number of aryl methyl sites for hydroxylation is 1. The van der Waals surface area contributed by atoms with Crippen molar-refractivity contribution in [3.63, 3.8) is 0 Å². The topological polar surface area (TPSA) is 51.4 Å². The lowest BCUT2D eigenvalue weighted by Gasteiger charge is -2.15. The Labute approximate surface area is 153 Å².